The third-order valence-corrected chi connectivity index (χ3v) is 1.21. The van der Waals surface area contributed by atoms with Crippen LogP contribution in [0.1, 0.15) is 0 Å². The molecule has 0 spiro atoms. The Labute approximate surface area is 61.7 Å². The average Bonchev–Trinajstić information content (AvgIpc) is 1.64. The lowest BCUT2D eigenvalue weighted by molar-refractivity contribution is 0.344. The van der Waals surface area contributed by atoms with Gasteiger partial charge in [0.1, 0.15) is 5.82 Å². The fraction of sp³-hybridized carbons (Fsp3) is 0.667. The molecule has 0 radical (unpaired) electrons. The van der Waals surface area contributed by atoms with Crippen LogP contribution in [-0.2, 0) is 0 Å². The molecule has 0 aromatic rings. The molecule has 3 heteroatoms. The highest BCUT2D eigenvalue weighted by atomic mass is 35.5. The minimum Gasteiger partial charge on any atom is -0.364 e. The fourth-order valence-electron chi connectivity index (χ4n) is 0.595. The summed E-state index contributed by atoms with van der Waals surface area (Å²) in [6, 6.07) is 0. The monoisotopic (exact) mass is 148 g/mol. The zero-order chi connectivity index (χ0) is 7.44. The molecule has 0 bridgehead atoms. The summed E-state index contributed by atoms with van der Waals surface area (Å²) in [5.74, 6) is 0.997. The molecule has 0 amide bonds. The van der Waals surface area contributed by atoms with Gasteiger partial charge in [-0.2, -0.15) is 0 Å². The van der Waals surface area contributed by atoms with Crippen molar-refractivity contribution in [1.82, 2.24) is 9.80 Å². The molecule has 2 nitrogen and oxygen atoms in total. The van der Waals surface area contributed by atoms with Gasteiger partial charge in [0.15, 0.2) is 0 Å². The Morgan fingerprint density at radius 1 is 1.11 bits per heavy atom. The maximum atomic E-state index is 5.51. The van der Waals surface area contributed by atoms with Crippen LogP contribution in [-0.4, -0.2) is 38.0 Å². The van der Waals surface area contributed by atoms with E-state index in [1.54, 1.807) is 5.54 Å². The summed E-state index contributed by atoms with van der Waals surface area (Å²) in [7, 11) is 7.81. The zero-order valence-corrected chi connectivity index (χ0v) is 7.11. The lowest BCUT2D eigenvalue weighted by Gasteiger charge is -2.23. The van der Waals surface area contributed by atoms with E-state index >= 15 is 0 Å². The van der Waals surface area contributed by atoms with E-state index in [2.05, 4.69) is 0 Å². The molecule has 0 rings (SSSR count). The molecule has 0 saturated carbocycles. The van der Waals surface area contributed by atoms with E-state index in [1.807, 2.05) is 38.0 Å². The van der Waals surface area contributed by atoms with Crippen molar-refractivity contribution in [3.8, 4) is 0 Å². The summed E-state index contributed by atoms with van der Waals surface area (Å²) >= 11 is 5.51. The Hall–Kier alpha value is -0.370. The highest BCUT2D eigenvalue weighted by Crippen LogP contribution is 2.02. The van der Waals surface area contributed by atoms with E-state index in [0.717, 1.165) is 5.82 Å². The average molecular weight is 149 g/mol. The molecule has 0 atom stereocenters. The molecule has 0 aromatic heterocycles. The third-order valence-electron chi connectivity index (χ3n) is 1.01. The quantitative estimate of drug-likeness (QED) is 0.580. The van der Waals surface area contributed by atoms with Crippen molar-refractivity contribution in [3.05, 3.63) is 11.4 Å². The molecule has 0 aliphatic rings. The van der Waals surface area contributed by atoms with Crippen molar-refractivity contribution in [2.45, 2.75) is 0 Å². The van der Waals surface area contributed by atoms with E-state index in [-0.39, 0.29) is 0 Å². The third kappa shape index (κ3) is 2.61. The van der Waals surface area contributed by atoms with Crippen LogP contribution in [0.3, 0.4) is 0 Å². The second-order valence-electron chi connectivity index (χ2n) is 2.26. The Kier molecular flexibility index (Phi) is 3.47. The van der Waals surface area contributed by atoms with Crippen molar-refractivity contribution in [2.24, 2.45) is 0 Å². The van der Waals surface area contributed by atoms with Crippen LogP contribution >= 0.6 is 11.6 Å². The van der Waals surface area contributed by atoms with Crippen molar-refractivity contribution in [2.75, 3.05) is 28.2 Å². The van der Waals surface area contributed by atoms with Gasteiger partial charge in [0, 0.05) is 33.7 Å². The van der Waals surface area contributed by atoms with E-state index < -0.39 is 0 Å². The second-order valence-corrected chi connectivity index (χ2v) is 2.47. The summed E-state index contributed by atoms with van der Waals surface area (Å²) < 4.78 is 0. The Bertz CT molecular complexity index is 97.6. The van der Waals surface area contributed by atoms with Crippen LogP contribution in [0.25, 0.3) is 0 Å². The Balaban J connectivity index is 4.01. The van der Waals surface area contributed by atoms with Crippen molar-refractivity contribution in [3.63, 3.8) is 0 Å². The summed E-state index contributed by atoms with van der Waals surface area (Å²) in [5.41, 5.74) is 1.56. The first kappa shape index (κ1) is 8.63. The van der Waals surface area contributed by atoms with Crippen LogP contribution in [0.4, 0.5) is 0 Å². The van der Waals surface area contributed by atoms with Gasteiger partial charge in [-0.3, -0.25) is 0 Å². The van der Waals surface area contributed by atoms with Crippen molar-refractivity contribution < 1.29 is 0 Å². The van der Waals surface area contributed by atoms with Crippen LogP contribution in [0, 0.1) is 0 Å². The minimum atomic E-state index is 0.997. The number of halogens is 1. The molecular weight excluding hydrogens is 136 g/mol. The molecule has 9 heavy (non-hydrogen) atoms. The topological polar surface area (TPSA) is 6.48 Å². The highest BCUT2D eigenvalue weighted by molar-refractivity contribution is 6.25. The molecule has 0 heterocycles. The molecule has 0 fully saturated rings. The smallest absolute Gasteiger partial charge is 0.114 e. The van der Waals surface area contributed by atoms with Gasteiger partial charge in [-0.05, 0) is 0 Å². The van der Waals surface area contributed by atoms with Gasteiger partial charge in [-0.15, -0.1) is 0 Å². The molecule has 0 aromatic carbocycles. The van der Waals surface area contributed by atoms with Gasteiger partial charge in [-0.25, -0.2) is 0 Å². The largest absolute Gasteiger partial charge is 0.364 e. The SMILES string of the molecule is CN(C)C(=CCl)N(C)C. The maximum Gasteiger partial charge on any atom is 0.114 e. The number of rotatable bonds is 2. The fourth-order valence-corrected chi connectivity index (χ4v) is 0.986. The first-order chi connectivity index (χ1) is 4.09. The van der Waals surface area contributed by atoms with E-state index in [4.69, 9.17) is 11.6 Å². The van der Waals surface area contributed by atoms with Crippen molar-refractivity contribution in [1.29, 1.82) is 0 Å². The molecule has 0 N–H and O–H groups in total. The first-order valence-electron chi connectivity index (χ1n) is 2.74. The van der Waals surface area contributed by atoms with Crippen molar-refractivity contribution >= 4 is 11.6 Å². The number of hydrogen-bond acceptors (Lipinski definition) is 2. The van der Waals surface area contributed by atoms with Crippen LogP contribution in [0.2, 0.25) is 0 Å². The van der Waals surface area contributed by atoms with E-state index in [0.29, 0.717) is 0 Å². The zero-order valence-electron chi connectivity index (χ0n) is 6.35. The summed E-state index contributed by atoms with van der Waals surface area (Å²) in [6.07, 6.45) is 0. The van der Waals surface area contributed by atoms with Crippen LogP contribution < -0.4 is 0 Å². The summed E-state index contributed by atoms with van der Waals surface area (Å²) in [6.45, 7) is 0. The van der Waals surface area contributed by atoms with Gasteiger partial charge in [0.05, 0.1) is 0 Å². The molecule has 0 unspecified atom stereocenters. The highest BCUT2D eigenvalue weighted by Gasteiger charge is 1.98. The van der Waals surface area contributed by atoms with Gasteiger partial charge >= 0.3 is 0 Å². The number of hydrogen-bond donors (Lipinski definition) is 0. The Morgan fingerprint density at radius 3 is 1.44 bits per heavy atom. The molecule has 54 valence electrons. The lowest BCUT2D eigenvalue weighted by atomic mass is 10.6. The molecule has 0 aliphatic heterocycles. The molecular formula is C6H13ClN2. The van der Waals surface area contributed by atoms with E-state index in [9.17, 15) is 0 Å². The van der Waals surface area contributed by atoms with Crippen LogP contribution in [0.5, 0.6) is 0 Å². The van der Waals surface area contributed by atoms with Gasteiger partial charge in [-0.1, -0.05) is 11.6 Å². The second kappa shape index (κ2) is 3.62. The summed E-state index contributed by atoms with van der Waals surface area (Å²) in [5, 5.41) is 0. The normalized spacial score (nSPS) is 8.56. The molecule has 0 aliphatic carbocycles. The van der Waals surface area contributed by atoms with Gasteiger partial charge in [0.2, 0.25) is 0 Å². The van der Waals surface area contributed by atoms with E-state index in [1.165, 1.54) is 0 Å². The predicted molar refractivity (Wildman–Crippen MR) is 41.3 cm³/mol. The predicted octanol–water partition coefficient (Wildman–Crippen LogP) is 1.15. The van der Waals surface area contributed by atoms with Gasteiger partial charge < -0.3 is 9.80 Å². The lowest BCUT2D eigenvalue weighted by Crippen LogP contribution is -2.23. The Morgan fingerprint density at radius 2 is 1.44 bits per heavy atom. The standard InChI is InChI=1S/C6H13ClN2/c1-8(2)6(5-7)9(3)4/h5H,1-4H3. The number of nitrogens with zero attached hydrogens (tertiary/aromatic N) is 2. The van der Waals surface area contributed by atoms with Gasteiger partial charge in [0.25, 0.3) is 0 Å². The molecule has 0 saturated heterocycles. The maximum absolute atomic E-state index is 5.51. The minimum absolute atomic E-state index is 0.997. The first-order valence-corrected chi connectivity index (χ1v) is 3.18. The summed E-state index contributed by atoms with van der Waals surface area (Å²) in [4.78, 5) is 3.90. The van der Waals surface area contributed by atoms with Crippen LogP contribution in [0.15, 0.2) is 11.4 Å².